The molecule has 2 aromatic rings. The Morgan fingerprint density at radius 1 is 1.19 bits per heavy atom. The Balaban J connectivity index is 1.36. The Hall–Kier alpha value is -1.89. The van der Waals surface area contributed by atoms with E-state index in [1.54, 1.807) is 13.3 Å². The van der Waals surface area contributed by atoms with Crippen LogP contribution in [0.25, 0.3) is 11.1 Å². The molecule has 2 fully saturated rings. The molecule has 1 aromatic carbocycles. The Labute approximate surface area is 195 Å². The van der Waals surface area contributed by atoms with Crippen LogP contribution in [0.15, 0.2) is 36.5 Å². The lowest BCUT2D eigenvalue weighted by Crippen LogP contribution is -2.42. The van der Waals surface area contributed by atoms with Crippen molar-refractivity contribution in [2.24, 2.45) is 0 Å². The number of methoxy groups -OCH3 is 1. The molecule has 2 aliphatic carbocycles. The van der Waals surface area contributed by atoms with Crippen molar-refractivity contribution in [2.75, 3.05) is 30.9 Å². The quantitative estimate of drug-likeness (QED) is 0.427. The van der Waals surface area contributed by atoms with E-state index in [1.165, 1.54) is 0 Å². The number of aromatic nitrogens is 1. The van der Waals surface area contributed by atoms with Gasteiger partial charge in [0.2, 0.25) is 0 Å². The number of nitrogens with zero attached hydrogens (tertiary/aromatic N) is 1. The van der Waals surface area contributed by atoms with Crippen LogP contribution >= 0.6 is 11.6 Å². The Morgan fingerprint density at radius 3 is 2.66 bits per heavy atom. The molecule has 0 saturated heterocycles. The summed E-state index contributed by atoms with van der Waals surface area (Å²) in [5.41, 5.74) is 1.80. The van der Waals surface area contributed by atoms with Crippen LogP contribution in [-0.4, -0.2) is 49.0 Å². The highest BCUT2D eigenvalue weighted by molar-refractivity contribution is 6.33. The average molecular weight is 461 g/mol. The first-order valence-electron chi connectivity index (χ1n) is 11.6. The van der Waals surface area contributed by atoms with E-state index < -0.39 is 5.67 Å². The highest BCUT2D eigenvalue weighted by Gasteiger charge is 2.42. The first-order chi connectivity index (χ1) is 15.4. The highest BCUT2D eigenvalue weighted by Crippen LogP contribution is 2.40. The number of halogens is 2. The lowest BCUT2D eigenvalue weighted by atomic mass is 9.90. The molecule has 0 aliphatic heterocycles. The molecule has 1 atom stereocenters. The maximum absolute atomic E-state index is 14.0. The summed E-state index contributed by atoms with van der Waals surface area (Å²) in [4.78, 5) is 4.51. The Bertz CT molecular complexity index is 899. The summed E-state index contributed by atoms with van der Waals surface area (Å²) >= 11 is 6.49. The van der Waals surface area contributed by atoms with Gasteiger partial charge in [0.05, 0.1) is 11.6 Å². The highest BCUT2D eigenvalue weighted by atomic mass is 35.5. The Kier molecular flexibility index (Phi) is 7.54. The molecule has 0 unspecified atom stereocenters. The predicted octanol–water partition coefficient (Wildman–Crippen LogP) is 5.66. The second kappa shape index (κ2) is 10.4. The molecule has 2 saturated carbocycles. The fourth-order valence-electron chi connectivity index (χ4n) is 4.42. The van der Waals surface area contributed by atoms with Gasteiger partial charge >= 0.3 is 0 Å². The number of benzene rings is 1. The maximum atomic E-state index is 14.0. The second-order valence-electron chi connectivity index (χ2n) is 9.35. The molecule has 0 spiro atoms. The summed E-state index contributed by atoms with van der Waals surface area (Å²) in [5.74, 6) is 0.840. The fraction of sp³-hybridized carbons (Fsp3) is 0.560. The van der Waals surface area contributed by atoms with Gasteiger partial charge in [-0.1, -0.05) is 23.7 Å². The fourth-order valence-corrected chi connectivity index (χ4v) is 4.63. The molecule has 7 heteroatoms. The molecule has 0 radical (unpaired) electrons. The van der Waals surface area contributed by atoms with Gasteiger partial charge in [0, 0.05) is 49.2 Å². The molecule has 1 aromatic heterocycles. The number of rotatable bonds is 10. The maximum Gasteiger partial charge on any atom is 0.128 e. The van der Waals surface area contributed by atoms with E-state index in [9.17, 15) is 4.39 Å². The molecule has 0 amide bonds. The van der Waals surface area contributed by atoms with Crippen LogP contribution in [-0.2, 0) is 4.74 Å². The van der Waals surface area contributed by atoms with Gasteiger partial charge in [0.25, 0.3) is 0 Å². The smallest absolute Gasteiger partial charge is 0.128 e. The zero-order valence-electron chi connectivity index (χ0n) is 19.0. The summed E-state index contributed by atoms with van der Waals surface area (Å²) < 4.78 is 19.2. The van der Waals surface area contributed by atoms with Crippen molar-refractivity contribution in [3.05, 3.63) is 41.6 Å². The van der Waals surface area contributed by atoms with Gasteiger partial charge in [-0.2, -0.15) is 0 Å². The van der Waals surface area contributed by atoms with E-state index in [2.05, 4.69) is 27.9 Å². The van der Waals surface area contributed by atoms with E-state index in [0.29, 0.717) is 42.5 Å². The van der Waals surface area contributed by atoms with Crippen LogP contribution in [0.3, 0.4) is 0 Å². The van der Waals surface area contributed by atoms with Crippen LogP contribution in [0.1, 0.15) is 45.4 Å². The monoisotopic (exact) mass is 460 g/mol. The molecule has 32 heavy (non-hydrogen) atoms. The van der Waals surface area contributed by atoms with Crippen molar-refractivity contribution in [3.63, 3.8) is 0 Å². The number of nitrogens with one attached hydrogen (secondary N) is 3. The van der Waals surface area contributed by atoms with Gasteiger partial charge in [-0.25, -0.2) is 9.37 Å². The molecular formula is C25H34ClFN4O. The van der Waals surface area contributed by atoms with Crippen molar-refractivity contribution in [2.45, 2.75) is 69.2 Å². The van der Waals surface area contributed by atoms with Crippen LogP contribution < -0.4 is 16.0 Å². The van der Waals surface area contributed by atoms with Crippen LogP contribution in [0.2, 0.25) is 5.02 Å². The van der Waals surface area contributed by atoms with Crippen LogP contribution in [0.4, 0.5) is 15.9 Å². The van der Waals surface area contributed by atoms with Crippen LogP contribution in [0, 0.1) is 0 Å². The summed E-state index contributed by atoms with van der Waals surface area (Å²) in [5, 5.41) is 11.1. The van der Waals surface area contributed by atoms with Crippen LogP contribution in [0.5, 0.6) is 0 Å². The molecule has 1 heterocycles. The van der Waals surface area contributed by atoms with Gasteiger partial charge in [-0.3, -0.25) is 0 Å². The minimum absolute atomic E-state index is 0.356. The second-order valence-corrected chi connectivity index (χ2v) is 9.76. The first-order valence-corrected chi connectivity index (χ1v) is 12.0. The van der Waals surface area contributed by atoms with Gasteiger partial charge in [-0.05, 0) is 69.2 Å². The first kappa shape index (κ1) is 23.3. The number of pyridine rings is 1. The van der Waals surface area contributed by atoms with Gasteiger partial charge in [0.15, 0.2) is 0 Å². The van der Waals surface area contributed by atoms with Gasteiger partial charge < -0.3 is 20.7 Å². The zero-order chi connectivity index (χ0) is 22.6. The number of ether oxygens (including phenoxy) is 1. The van der Waals surface area contributed by atoms with E-state index in [4.69, 9.17) is 16.3 Å². The topological polar surface area (TPSA) is 58.2 Å². The number of hydrogen-bond acceptors (Lipinski definition) is 5. The van der Waals surface area contributed by atoms with Crippen molar-refractivity contribution >= 4 is 23.1 Å². The molecular weight excluding hydrogens is 427 g/mol. The molecule has 174 valence electrons. The standard InChI is InChI=1S/C25H34ClFN4O/c1-17(15-32-2)30-19-6-8-20(9-7-19)31-24-13-22(23(26)14-28-24)18-4-3-5-21(12-18)29-16-25(27)10-11-25/h3-5,12-14,17,19-20,29-30H,6-11,15-16H2,1-2H3,(H,28,31)/t17-,19?,20?/m0/s1. The van der Waals surface area contributed by atoms with Gasteiger partial charge in [0.1, 0.15) is 11.5 Å². The molecule has 3 N–H and O–H groups in total. The summed E-state index contributed by atoms with van der Waals surface area (Å²) in [7, 11) is 1.74. The molecule has 4 rings (SSSR count). The molecule has 5 nitrogen and oxygen atoms in total. The van der Waals surface area contributed by atoms with E-state index in [-0.39, 0.29) is 0 Å². The summed E-state index contributed by atoms with van der Waals surface area (Å²) in [6.45, 7) is 3.26. The van der Waals surface area contributed by atoms with Gasteiger partial charge in [-0.15, -0.1) is 0 Å². The third-order valence-electron chi connectivity index (χ3n) is 6.45. The lowest BCUT2D eigenvalue weighted by molar-refractivity contribution is 0.161. The molecule has 2 aliphatic rings. The third kappa shape index (κ3) is 6.33. The largest absolute Gasteiger partial charge is 0.383 e. The minimum Gasteiger partial charge on any atom is -0.383 e. The van der Waals surface area contributed by atoms with E-state index in [0.717, 1.165) is 54.9 Å². The van der Waals surface area contributed by atoms with E-state index >= 15 is 0 Å². The van der Waals surface area contributed by atoms with Crippen molar-refractivity contribution in [1.82, 2.24) is 10.3 Å². The van der Waals surface area contributed by atoms with E-state index in [1.807, 2.05) is 30.3 Å². The molecule has 0 bridgehead atoms. The minimum atomic E-state index is -1.03. The van der Waals surface area contributed by atoms with Crippen molar-refractivity contribution < 1.29 is 9.13 Å². The normalized spacial score (nSPS) is 22.9. The Morgan fingerprint density at radius 2 is 1.94 bits per heavy atom. The number of hydrogen-bond donors (Lipinski definition) is 3. The summed E-state index contributed by atoms with van der Waals surface area (Å²) in [6, 6.07) is 11.3. The SMILES string of the molecule is COC[C@H](C)NC1CCC(Nc2cc(-c3cccc(NCC4(F)CC4)c3)c(Cl)cn2)CC1. The zero-order valence-corrected chi connectivity index (χ0v) is 19.7. The van der Waals surface area contributed by atoms with Crippen molar-refractivity contribution in [1.29, 1.82) is 0 Å². The number of anilines is 2. The van der Waals surface area contributed by atoms with Crippen molar-refractivity contribution in [3.8, 4) is 11.1 Å². The third-order valence-corrected chi connectivity index (χ3v) is 6.75. The predicted molar refractivity (Wildman–Crippen MR) is 130 cm³/mol. The average Bonchev–Trinajstić information content (AvgIpc) is 3.53. The lowest BCUT2D eigenvalue weighted by Gasteiger charge is -2.32. The summed E-state index contributed by atoms with van der Waals surface area (Å²) in [6.07, 6.45) is 7.47. The number of alkyl halides is 1.